The maximum absolute atomic E-state index is 5.77. The standard InChI is InChI=1S/C13H16O2/c1-2-6-12(7-3-1)10-15-13-8-4-5-9-14-11-13/h1-7,13H,8-11H2/t13-/m0/s1. The van der Waals surface area contributed by atoms with Crippen LogP contribution in [0.2, 0.25) is 0 Å². The molecule has 0 N–H and O–H groups in total. The molecular formula is C13H16O2. The highest BCUT2D eigenvalue weighted by molar-refractivity contribution is 5.13. The Morgan fingerprint density at radius 1 is 1.20 bits per heavy atom. The summed E-state index contributed by atoms with van der Waals surface area (Å²) < 4.78 is 11.2. The Morgan fingerprint density at radius 3 is 2.93 bits per heavy atom. The molecule has 0 bridgehead atoms. The van der Waals surface area contributed by atoms with E-state index in [1.54, 1.807) is 0 Å². The zero-order valence-corrected chi connectivity index (χ0v) is 8.76. The molecule has 1 aromatic carbocycles. The lowest BCUT2D eigenvalue weighted by Crippen LogP contribution is -2.17. The topological polar surface area (TPSA) is 18.5 Å². The number of hydrogen-bond acceptors (Lipinski definition) is 2. The van der Waals surface area contributed by atoms with E-state index in [2.05, 4.69) is 18.2 Å². The Bertz CT molecular complexity index is 306. The Morgan fingerprint density at radius 2 is 2.07 bits per heavy atom. The third-order valence-electron chi connectivity index (χ3n) is 2.41. The normalized spacial score (nSPS) is 21.2. The van der Waals surface area contributed by atoms with Crippen molar-refractivity contribution >= 4 is 0 Å². The minimum atomic E-state index is 0.198. The van der Waals surface area contributed by atoms with Gasteiger partial charge >= 0.3 is 0 Å². The monoisotopic (exact) mass is 204 g/mol. The molecule has 1 aliphatic heterocycles. The molecule has 2 rings (SSSR count). The highest BCUT2D eigenvalue weighted by Gasteiger charge is 2.09. The van der Waals surface area contributed by atoms with Gasteiger partial charge in [-0.2, -0.15) is 0 Å². The average molecular weight is 204 g/mol. The first-order valence-corrected chi connectivity index (χ1v) is 5.33. The molecule has 0 amide bonds. The first-order valence-electron chi connectivity index (χ1n) is 5.33. The van der Waals surface area contributed by atoms with Crippen molar-refractivity contribution in [1.82, 2.24) is 0 Å². The summed E-state index contributed by atoms with van der Waals surface area (Å²) in [5, 5.41) is 0. The van der Waals surface area contributed by atoms with Crippen LogP contribution in [0.5, 0.6) is 0 Å². The minimum absolute atomic E-state index is 0.198. The molecule has 2 nitrogen and oxygen atoms in total. The molecule has 0 saturated carbocycles. The summed E-state index contributed by atoms with van der Waals surface area (Å²) in [6.45, 7) is 2.08. The summed E-state index contributed by atoms with van der Waals surface area (Å²) >= 11 is 0. The van der Waals surface area contributed by atoms with E-state index in [9.17, 15) is 0 Å². The average Bonchev–Trinajstić information content (AvgIpc) is 2.56. The maximum Gasteiger partial charge on any atom is 0.0847 e. The predicted molar refractivity (Wildman–Crippen MR) is 59.6 cm³/mol. The first-order chi connectivity index (χ1) is 7.45. The van der Waals surface area contributed by atoms with Crippen LogP contribution < -0.4 is 0 Å². The summed E-state index contributed by atoms with van der Waals surface area (Å²) in [5.74, 6) is 0. The molecule has 0 spiro atoms. The second-order valence-electron chi connectivity index (χ2n) is 3.66. The lowest BCUT2D eigenvalue weighted by molar-refractivity contribution is -0.0130. The van der Waals surface area contributed by atoms with Crippen LogP contribution in [0.4, 0.5) is 0 Å². The molecular weight excluding hydrogens is 188 g/mol. The summed E-state index contributed by atoms with van der Waals surface area (Å²) in [4.78, 5) is 0. The number of benzene rings is 1. The zero-order valence-electron chi connectivity index (χ0n) is 8.76. The molecule has 0 unspecified atom stereocenters. The van der Waals surface area contributed by atoms with Crippen LogP contribution in [0, 0.1) is 0 Å². The van der Waals surface area contributed by atoms with E-state index in [1.165, 1.54) is 5.56 Å². The van der Waals surface area contributed by atoms with Gasteiger partial charge in [-0.15, -0.1) is 0 Å². The van der Waals surface area contributed by atoms with Crippen molar-refractivity contribution in [2.75, 3.05) is 13.2 Å². The molecule has 0 aliphatic carbocycles. The van der Waals surface area contributed by atoms with Crippen molar-refractivity contribution < 1.29 is 9.47 Å². The van der Waals surface area contributed by atoms with E-state index in [0.29, 0.717) is 19.8 Å². The summed E-state index contributed by atoms with van der Waals surface area (Å²) in [5.41, 5.74) is 1.21. The zero-order chi connectivity index (χ0) is 10.3. The predicted octanol–water partition coefficient (Wildman–Crippen LogP) is 2.55. The van der Waals surface area contributed by atoms with Gasteiger partial charge in [-0.1, -0.05) is 42.5 Å². The van der Waals surface area contributed by atoms with Gasteiger partial charge in [0.25, 0.3) is 0 Å². The largest absolute Gasteiger partial charge is 0.375 e. The molecule has 0 aromatic heterocycles. The van der Waals surface area contributed by atoms with E-state index in [-0.39, 0.29) is 6.10 Å². The Kier molecular flexibility index (Phi) is 3.94. The van der Waals surface area contributed by atoms with Gasteiger partial charge in [0.2, 0.25) is 0 Å². The van der Waals surface area contributed by atoms with Gasteiger partial charge in [0.05, 0.1) is 25.9 Å². The molecule has 0 saturated heterocycles. The Labute approximate surface area is 90.5 Å². The van der Waals surface area contributed by atoms with E-state index < -0.39 is 0 Å². The minimum Gasteiger partial charge on any atom is -0.375 e. The van der Waals surface area contributed by atoms with Crippen LogP contribution >= 0.6 is 0 Å². The molecule has 80 valence electrons. The number of hydrogen-bond donors (Lipinski definition) is 0. The summed E-state index contributed by atoms with van der Waals surface area (Å²) in [6.07, 6.45) is 5.32. The fourth-order valence-corrected chi connectivity index (χ4v) is 1.56. The van der Waals surface area contributed by atoms with Gasteiger partial charge in [0, 0.05) is 0 Å². The van der Waals surface area contributed by atoms with E-state index in [1.807, 2.05) is 24.3 Å². The van der Waals surface area contributed by atoms with Crippen LogP contribution in [0.25, 0.3) is 0 Å². The Hall–Kier alpha value is -1.12. The second-order valence-corrected chi connectivity index (χ2v) is 3.66. The van der Waals surface area contributed by atoms with Gasteiger partial charge < -0.3 is 9.47 Å². The van der Waals surface area contributed by atoms with E-state index in [4.69, 9.17) is 9.47 Å². The van der Waals surface area contributed by atoms with Gasteiger partial charge in [0.1, 0.15) is 0 Å². The molecule has 1 atom stereocenters. The fourth-order valence-electron chi connectivity index (χ4n) is 1.56. The quantitative estimate of drug-likeness (QED) is 0.704. The van der Waals surface area contributed by atoms with Crippen molar-refractivity contribution in [3.05, 3.63) is 48.0 Å². The summed E-state index contributed by atoms with van der Waals surface area (Å²) in [6, 6.07) is 10.2. The lowest BCUT2D eigenvalue weighted by atomic mass is 10.2. The van der Waals surface area contributed by atoms with Gasteiger partial charge in [-0.25, -0.2) is 0 Å². The molecule has 1 aromatic rings. The summed E-state index contributed by atoms with van der Waals surface area (Å²) in [7, 11) is 0. The van der Waals surface area contributed by atoms with Crippen LogP contribution in [0.1, 0.15) is 12.0 Å². The van der Waals surface area contributed by atoms with Crippen molar-refractivity contribution in [2.45, 2.75) is 19.1 Å². The van der Waals surface area contributed by atoms with E-state index >= 15 is 0 Å². The van der Waals surface area contributed by atoms with Crippen molar-refractivity contribution in [1.29, 1.82) is 0 Å². The van der Waals surface area contributed by atoms with Crippen LogP contribution in [-0.2, 0) is 16.1 Å². The Balaban J connectivity index is 1.80. The highest BCUT2D eigenvalue weighted by Crippen LogP contribution is 2.09. The SMILES string of the molecule is C1=CC[C@H](OCc2ccccc2)COC1. The highest BCUT2D eigenvalue weighted by atomic mass is 16.5. The number of ether oxygens (including phenoxy) is 2. The molecule has 15 heavy (non-hydrogen) atoms. The molecule has 0 radical (unpaired) electrons. The molecule has 1 heterocycles. The fraction of sp³-hybridized carbons (Fsp3) is 0.385. The second kappa shape index (κ2) is 5.69. The number of rotatable bonds is 3. The van der Waals surface area contributed by atoms with Crippen molar-refractivity contribution in [2.24, 2.45) is 0 Å². The van der Waals surface area contributed by atoms with E-state index in [0.717, 1.165) is 6.42 Å². The van der Waals surface area contributed by atoms with Gasteiger partial charge in [-0.05, 0) is 12.0 Å². The van der Waals surface area contributed by atoms with Gasteiger partial charge in [0.15, 0.2) is 0 Å². The van der Waals surface area contributed by atoms with Crippen LogP contribution in [0.15, 0.2) is 42.5 Å². The lowest BCUT2D eigenvalue weighted by Gasteiger charge is -2.14. The third-order valence-corrected chi connectivity index (χ3v) is 2.41. The third kappa shape index (κ3) is 3.50. The van der Waals surface area contributed by atoms with Crippen LogP contribution in [-0.4, -0.2) is 19.3 Å². The molecule has 0 fully saturated rings. The van der Waals surface area contributed by atoms with Crippen LogP contribution in [0.3, 0.4) is 0 Å². The van der Waals surface area contributed by atoms with Gasteiger partial charge in [-0.3, -0.25) is 0 Å². The van der Waals surface area contributed by atoms with Crippen molar-refractivity contribution in [3.63, 3.8) is 0 Å². The maximum atomic E-state index is 5.77. The van der Waals surface area contributed by atoms with Crippen molar-refractivity contribution in [3.8, 4) is 0 Å². The smallest absolute Gasteiger partial charge is 0.0847 e. The molecule has 2 heteroatoms. The first kappa shape index (κ1) is 10.4. The molecule has 1 aliphatic rings.